The number of nitrogens with one attached hydrogen (secondary N) is 1. The molecule has 0 radical (unpaired) electrons. The van der Waals surface area contributed by atoms with Crippen LogP contribution in [-0.2, 0) is 0 Å². The highest BCUT2D eigenvalue weighted by molar-refractivity contribution is 4.65. The van der Waals surface area contributed by atoms with E-state index < -0.39 is 0 Å². The fourth-order valence-electron chi connectivity index (χ4n) is 1.08. The molecule has 12 heavy (non-hydrogen) atoms. The van der Waals surface area contributed by atoms with Crippen LogP contribution in [0.1, 0.15) is 26.7 Å². The highest BCUT2D eigenvalue weighted by Crippen LogP contribution is 2.05. The SMILES string of the molecule is CCC(CCO)CNC(C)CN. The highest BCUT2D eigenvalue weighted by atomic mass is 16.3. The first kappa shape index (κ1) is 11.9. The quantitative estimate of drug-likeness (QED) is 0.521. The van der Waals surface area contributed by atoms with Crippen molar-refractivity contribution < 1.29 is 5.11 Å². The van der Waals surface area contributed by atoms with E-state index in [1.807, 2.05) is 0 Å². The Hall–Kier alpha value is -0.120. The average Bonchev–Trinajstić information content (AvgIpc) is 2.11. The summed E-state index contributed by atoms with van der Waals surface area (Å²) in [6.45, 7) is 6.16. The van der Waals surface area contributed by atoms with Crippen LogP contribution in [0.2, 0.25) is 0 Å². The molecule has 0 saturated carbocycles. The third kappa shape index (κ3) is 5.52. The number of hydrogen-bond donors (Lipinski definition) is 3. The normalized spacial score (nSPS) is 16.0. The fourth-order valence-corrected chi connectivity index (χ4v) is 1.08. The Balaban J connectivity index is 3.43. The van der Waals surface area contributed by atoms with Crippen molar-refractivity contribution in [3.63, 3.8) is 0 Å². The van der Waals surface area contributed by atoms with Crippen LogP contribution in [-0.4, -0.2) is 30.8 Å². The fraction of sp³-hybridized carbons (Fsp3) is 1.00. The number of nitrogens with two attached hydrogens (primary N) is 1. The Labute approximate surface area is 75.3 Å². The first-order valence-corrected chi connectivity index (χ1v) is 4.78. The summed E-state index contributed by atoms with van der Waals surface area (Å²) in [7, 11) is 0. The molecule has 0 aromatic heterocycles. The van der Waals surface area contributed by atoms with Gasteiger partial charge in [0.1, 0.15) is 0 Å². The smallest absolute Gasteiger partial charge is 0.0434 e. The van der Waals surface area contributed by atoms with Gasteiger partial charge in [-0.1, -0.05) is 13.3 Å². The molecular weight excluding hydrogens is 152 g/mol. The number of hydrogen-bond acceptors (Lipinski definition) is 3. The van der Waals surface area contributed by atoms with Crippen LogP contribution in [0.3, 0.4) is 0 Å². The lowest BCUT2D eigenvalue weighted by atomic mass is 10.0. The van der Waals surface area contributed by atoms with Crippen molar-refractivity contribution in [3.8, 4) is 0 Å². The van der Waals surface area contributed by atoms with Crippen molar-refractivity contribution >= 4 is 0 Å². The van der Waals surface area contributed by atoms with Gasteiger partial charge in [-0.25, -0.2) is 0 Å². The standard InChI is InChI=1S/C9H22N2O/c1-3-9(4-5-12)7-11-8(2)6-10/h8-9,11-12H,3-7,10H2,1-2H3. The molecule has 0 rings (SSSR count). The third-order valence-corrected chi connectivity index (χ3v) is 2.22. The summed E-state index contributed by atoms with van der Waals surface area (Å²) in [4.78, 5) is 0. The highest BCUT2D eigenvalue weighted by Gasteiger charge is 2.06. The van der Waals surface area contributed by atoms with E-state index >= 15 is 0 Å². The lowest BCUT2D eigenvalue weighted by molar-refractivity contribution is 0.249. The summed E-state index contributed by atoms with van der Waals surface area (Å²) >= 11 is 0. The summed E-state index contributed by atoms with van der Waals surface area (Å²) in [5, 5.41) is 12.1. The molecule has 0 amide bonds. The summed E-state index contributed by atoms with van der Waals surface area (Å²) in [6, 6.07) is 0.387. The zero-order chi connectivity index (χ0) is 9.40. The average molecular weight is 174 g/mol. The second-order valence-electron chi connectivity index (χ2n) is 3.33. The Bertz CT molecular complexity index is 98.5. The van der Waals surface area contributed by atoms with Crippen molar-refractivity contribution in [2.45, 2.75) is 32.7 Å². The molecular formula is C9H22N2O. The maximum absolute atomic E-state index is 8.74. The van der Waals surface area contributed by atoms with Crippen molar-refractivity contribution in [2.24, 2.45) is 11.7 Å². The summed E-state index contributed by atoms with van der Waals surface area (Å²) in [6.07, 6.45) is 2.01. The maximum Gasteiger partial charge on any atom is 0.0434 e. The van der Waals surface area contributed by atoms with Gasteiger partial charge in [0.15, 0.2) is 0 Å². The predicted octanol–water partition coefficient (Wildman–Crippen LogP) is 0.332. The molecule has 0 aromatic carbocycles. The van der Waals surface area contributed by atoms with Gasteiger partial charge in [-0.3, -0.25) is 0 Å². The first-order valence-electron chi connectivity index (χ1n) is 4.78. The van der Waals surface area contributed by atoms with Crippen LogP contribution in [0.4, 0.5) is 0 Å². The van der Waals surface area contributed by atoms with Crippen LogP contribution >= 0.6 is 0 Å². The van der Waals surface area contributed by atoms with Crippen LogP contribution < -0.4 is 11.1 Å². The molecule has 2 atom stereocenters. The largest absolute Gasteiger partial charge is 0.396 e. The van der Waals surface area contributed by atoms with Gasteiger partial charge in [0.2, 0.25) is 0 Å². The van der Waals surface area contributed by atoms with E-state index in [1.165, 1.54) is 0 Å². The van der Waals surface area contributed by atoms with E-state index in [9.17, 15) is 0 Å². The summed E-state index contributed by atoms with van der Waals surface area (Å²) in [5.74, 6) is 0.587. The molecule has 3 nitrogen and oxygen atoms in total. The van der Waals surface area contributed by atoms with Gasteiger partial charge in [0.05, 0.1) is 0 Å². The first-order chi connectivity index (χ1) is 5.74. The number of aliphatic hydroxyl groups excluding tert-OH is 1. The molecule has 0 saturated heterocycles. The molecule has 4 N–H and O–H groups in total. The Kier molecular flexibility index (Phi) is 7.45. The van der Waals surface area contributed by atoms with E-state index in [1.54, 1.807) is 0 Å². The molecule has 2 unspecified atom stereocenters. The monoisotopic (exact) mass is 174 g/mol. The Morgan fingerprint density at radius 2 is 2.17 bits per heavy atom. The zero-order valence-corrected chi connectivity index (χ0v) is 8.21. The van der Waals surface area contributed by atoms with Gasteiger partial charge in [0, 0.05) is 19.2 Å². The summed E-state index contributed by atoms with van der Waals surface area (Å²) in [5.41, 5.74) is 5.46. The van der Waals surface area contributed by atoms with Gasteiger partial charge in [-0.2, -0.15) is 0 Å². The van der Waals surface area contributed by atoms with Gasteiger partial charge in [0.25, 0.3) is 0 Å². The third-order valence-electron chi connectivity index (χ3n) is 2.22. The molecule has 0 aliphatic heterocycles. The molecule has 0 bridgehead atoms. The van der Waals surface area contributed by atoms with Crippen molar-refractivity contribution in [1.82, 2.24) is 5.32 Å². The van der Waals surface area contributed by atoms with E-state index in [-0.39, 0.29) is 6.61 Å². The molecule has 0 aliphatic rings. The van der Waals surface area contributed by atoms with Crippen LogP contribution in [0.25, 0.3) is 0 Å². The Morgan fingerprint density at radius 1 is 1.50 bits per heavy atom. The molecule has 0 spiro atoms. The second kappa shape index (κ2) is 7.53. The van der Waals surface area contributed by atoms with E-state index in [2.05, 4.69) is 19.2 Å². The molecule has 74 valence electrons. The number of aliphatic hydroxyl groups is 1. The minimum atomic E-state index is 0.289. The van der Waals surface area contributed by atoms with Crippen LogP contribution in [0.5, 0.6) is 0 Å². The minimum Gasteiger partial charge on any atom is -0.396 e. The lowest BCUT2D eigenvalue weighted by Crippen LogP contribution is -2.36. The van der Waals surface area contributed by atoms with Gasteiger partial charge in [-0.05, 0) is 25.8 Å². The van der Waals surface area contributed by atoms with E-state index in [0.29, 0.717) is 18.5 Å². The molecule has 0 aliphatic carbocycles. The van der Waals surface area contributed by atoms with E-state index in [4.69, 9.17) is 10.8 Å². The number of rotatable bonds is 7. The second-order valence-corrected chi connectivity index (χ2v) is 3.33. The topological polar surface area (TPSA) is 58.3 Å². The van der Waals surface area contributed by atoms with Crippen LogP contribution in [0.15, 0.2) is 0 Å². The molecule has 3 heteroatoms. The molecule has 0 aromatic rings. The molecule has 0 heterocycles. The predicted molar refractivity (Wildman–Crippen MR) is 52.0 cm³/mol. The van der Waals surface area contributed by atoms with E-state index in [0.717, 1.165) is 19.4 Å². The minimum absolute atomic E-state index is 0.289. The van der Waals surface area contributed by atoms with Crippen LogP contribution in [0, 0.1) is 5.92 Å². The van der Waals surface area contributed by atoms with Crippen molar-refractivity contribution in [2.75, 3.05) is 19.7 Å². The lowest BCUT2D eigenvalue weighted by Gasteiger charge is -2.17. The van der Waals surface area contributed by atoms with Crippen molar-refractivity contribution in [3.05, 3.63) is 0 Å². The summed E-state index contributed by atoms with van der Waals surface area (Å²) < 4.78 is 0. The van der Waals surface area contributed by atoms with Gasteiger partial charge >= 0.3 is 0 Å². The molecule has 0 fully saturated rings. The van der Waals surface area contributed by atoms with Crippen molar-refractivity contribution in [1.29, 1.82) is 0 Å². The van der Waals surface area contributed by atoms with Gasteiger partial charge in [-0.15, -0.1) is 0 Å². The maximum atomic E-state index is 8.74. The Morgan fingerprint density at radius 3 is 2.58 bits per heavy atom. The zero-order valence-electron chi connectivity index (χ0n) is 8.21. The van der Waals surface area contributed by atoms with Gasteiger partial charge < -0.3 is 16.2 Å².